The third-order valence-electron chi connectivity index (χ3n) is 2.32. The number of hydrogen-bond donors (Lipinski definition) is 2. The molecule has 1 unspecified atom stereocenters. The molecule has 0 saturated carbocycles. The maximum atomic E-state index is 11.8. The highest BCUT2D eigenvalue weighted by atomic mass is 32.2. The molecule has 0 radical (unpaired) electrons. The number of nitrogens with two attached hydrogens (primary N) is 1. The van der Waals surface area contributed by atoms with Gasteiger partial charge in [0.25, 0.3) is 5.91 Å². The topological polar surface area (TPSA) is 84.1 Å². The van der Waals surface area contributed by atoms with E-state index >= 15 is 0 Å². The van der Waals surface area contributed by atoms with Gasteiger partial charge in [-0.05, 0) is 5.41 Å². The summed E-state index contributed by atoms with van der Waals surface area (Å²) >= 11 is 4.44. The minimum Gasteiger partial charge on any atom is -0.374 e. The number of fused-ring (bicyclic) bond motifs is 1. The first kappa shape index (κ1) is 11.9. The molecule has 18 heavy (non-hydrogen) atoms. The predicted molar refractivity (Wildman–Crippen MR) is 73.6 cm³/mol. The Balaban J connectivity index is 1.64. The van der Waals surface area contributed by atoms with Crippen LogP contribution in [0, 0.1) is 0 Å². The van der Waals surface area contributed by atoms with E-state index in [-0.39, 0.29) is 11.4 Å². The highest BCUT2D eigenvalue weighted by Crippen LogP contribution is 2.30. The predicted octanol–water partition coefficient (Wildman–Crippen LogP) is 1.03. The fraction of sp³-hybridized carbons (Fsp3) is 0.222. The summed E-state index contributed by atoms with van der Waals surface area (Å²) in [6.07, 6.45) is 3.40. The lowest BCUT2D eigenvalue weighted by Gasteiger charge is -2.29. The van der Waals surface area contributed by atoms with E-state index in [9.17, 15) is 4.79 Å². The van der Waals surface area contributed by atoms with Crippen LogP contribution in [0.5, 0.6) is 0 Å². The lowest BCUT2D eigenvalue weighted by atomic mass is 10.3. The number of hydrogen-bond acceptors (Lipinski definition) is 8. The molecule has 2 aliphatic rings. The van der Waals surface area contributed by atoms with Crippen molar-refractivity contribution in [3.63, 3.8) is 0 Å². The summed E-state index contributed by atoms with van der Waals surface area (Å²) < 4.78 is 0.808. The molecule has 3 N–H and O–H groups in total. The largest absolute Gasteiger partial charge is 0.374 e. The molecule has 0 fully saturated rings. The zero-order valence-corrected chi connectivity index (χ0v) is 11.5. The second-order valence-corrected chi connectivity index (χ2v) is 6.75. The number of rotatable bonds is 3. The Bertz CT molecular complexity index is 540. The molecule has 0 saturated heterocycles. The third kappa shape index (κ3) is 2.33. The van der Waals surface area contributed by atoms with Crippen LogP contribution in [0.4, 0.5) is 5.13 Å². The van der Waals surface area contributed by atoms with Crippen molar-refractivity contribution in [2.24, 2.45) is 0 Å². The van der Waals surface area contributed by atoms with E-state index in [0.29, 0.717) is 10.9 Å². The van der Waals surface area contributed by atoms with Crippen molar-refractivity contribution in [3.8, 4) is 0 Å². The van der Waals surface area contributed by atoms with Gasteiger partial charge in [-0.25, -0.2) is 0 Å². The number of nitrogens with zero attached hydrogens (tertiary/aromatic N) is 3. The van der Waals surface area contributed by atoms with Crippen LogP contribution in [0.25, 0.3) is 0 Å². The lowest BCUT2D eigenvalue weighted by Crippen LogP contribution is -2.45. The molecule has 0 aromatic carbocycles. The Kier molecular flexibility index (Phi) is 3.18. The van der Waals surface area contributed by atoms with Crippen LogP contribution in [0.15, 0.2) is 27.7 Å². The second kappa shape index (κ2) is 4.82. The second-order valence-electron chi connectivity index (χ2n) is 3.53. The zero-order chi connectivity index (χ0) is 12.5. The summed E-state index contributed by atoms with van der Waals surface area (Å²) in [5, 5.41) is 13.3. The first-order valence-corrected chi connectivity index (χ1v) is 7.80. The molecule has 1 aromatic rings. The smallest absolute Gasteiger partial charge is 0.254 e. The SMILES string of the molecule is Nc1nnc(SCC2=CC(=O)N3C=CSC3N2)s1. The third-order valence-corrected chi connectivity index (χ3v) is 5.13. The number of anilines is 1. The van der Waals surface area contributed by atoms with Crippen LogP contribution in [0.3, 0.4) is 0 Å². The van der Waals surface area contributed by atoms with Gasteiger partial charge in [-0.15, -0.1) is 10.2 Å². The molecule has 0 bridgehead atoms. The fourth-order valence-electron chi connectivity index (χ4n) is 1.54. The fourth-order valence-corrected chi connectivity index (χ4v) is 3.97. The van der Waals surface area contributed by atoms with Crippen LogP contribution in [-0.4, -0.2) is 32.3 Å². The highest BCUT2D eigenvalue weighted by Gasteiger charge is 2.29. The maximum Gasteiger partial charge on any atom is 0.254 e. The van der Waals surface area contributed by atoms with E-state index in [1.165, 1.54) is 23.1 Å². The number of amides is 1. The molecule has 6 nitrogen and oxygen atoms in total. The van der Waals surface area contributed by atoms with Crippen molar-refractivity contribution in [1.29, 1.82) is 0 Å². The Morgan fingerprint density at radius 3 is 3.22 bits per heavy atom. The van der Waals surface area contributed by atoms with Gasteiger partial charge in [0.15, 0.2) is 9.84 Å². The van der Waals surface area contributed by atoms with Crippen molar-refractivity contribution in [1.82, 2.24) is 20.4 Å². The minimum atomic E-state index is -0.0161. The number of aromatic nitrogens is 2. The van der Waals surface area contributed by atoms with Gasteiger partial charge in [0, 0.05) is 23.7 Å². The Labute approximate surface area is 116 Å². The van der Waals surface area contributed by atoms with E-state index in [2.05, 4.69) is 15.5 Å². The summed E-state index contributed by atoms with van der Waals surface area (Å²) in [5.74, 6) is 0.665. The van der Waals surface area contributed by atoms with Crippen LogP contribution >= 0.6 is 34.9 Å². The van der Waals surface area contributed by atoms with E-state index in [1.807, 2.05) is 5.41 Å². The van der Waals surface area contributed by atoms with Gasteiger partial charge in [-0.2, -0.15) is 0 Å². The van der Waals surface area contributed by atoms with Gasteiger partial charge in [-0.1, -0.05) is 34.9 Å². The molecule has 1 atom stereocenters. The lowest BCUT2D eigenvalue weighted by molar-refractivity contribution is -0.124. The van der Waals surface area contributed by atoms with E-state index in [0.717, 1.165) is 10.0 Å². The highest BCUT2D eigenvalue weighted by molar-refractivity contribution is 8.03. The van der Waals surface area contributed by atoms with Gasteiger partial charge in [-0.3, -0.25) is 9.69 Å². The van der Waals surface area contributed by atoms with Crippen molar-refractivity contribution in [2.75, 3.05) is 11.5 Å². The number of thioether (sulfide) groups is 2. The van der Waals surface area contributed by atoms with Crippen LogP contribution < -0.4 is 11.1 Å². The summed E-state index contributed by atoms with van der Waals surface area (Å²) in [4.78, 5) is 13.5. The number of carbonyl (C=O) groups excluding carboxylic acids is 1. The zero-order valence-electron chi connectivity index (χ0n) is 9.07. The number of carbonyl (C=O) groups is 1. The Morgan fingerprint density at radius 1 is 1.56 bits per heavy atom. The van der Waals surface area contributed by atoms with E-state index < -0.39 is 0 Å². The standard InChI is InChI=1S/C9H9N5OS3/c10-7-12-13-9(18-7)17-4-5-3-6(15)14-1-2-16-8(14)11-5/h1-3,8,11H,4H2,(H2,10,12). The molecule has 2 aliphatic heterocycles. The Morgan fingerprint density at radius 2 is 2.44 bits per heavy atom. The molecule has 9 heteroatoms. The molecule has 3 heterocycles. The monoisotopic (exact) mass is 299 g/mol. The molecule has 0 spiro atoms. The van der Waals surface area contributed by atoms with Crippen LogP contribution in [-0.2, 0) is 4.79 Å². The molecule has 94 valence electrons. The van der Waals surface area contributed by atoms with Gasteiger partial charge in [0.05, 0.1) is 0 Å². The first-order chi connectivity index (χ1) is 8.72. The van der Waals surface area contributed by atoms with Gasteiger partial charge in [0.1, 0.15) is 0 Å². The van der Waals surface area contributed by atoms with Crippen molar-refractivity contribution in [2.45, 2.75) is 9.84 Å². The van der Waals surface area contributed by atoms with Crippen molar-refractivity contribution < 1.29 is 4.79 Å². The van der Waals surface area contributed by atoms with Gasteiger partial charge >= 0.3 is 0 Å². The quantitative estimate of drug-likeness (QED) is 0.806. The summed E-state index contributed by atoms with van der Waals surface area (Å²) in [5.41, 5.74) is 6.39. The van der Waals surface area contributed by atoms with Crippen molar-refractivity contribution in [3.05, 3.63) is 23.4 Å². The van der Waals surface area contributed by atoms with Crippen LogP contribution in [0.2, 0.25) is 0 Å². The van der Waals surface area contributed by atoms with Crippen molar-refractivity contribution >= 4 is 45.9 Å². The minimum absolute atomic E-state index is 0.00683. The van der Waals surface area contributed by atoms with E-state index in [4.69, 9.17) is 5.73 Å². The van der Waals surface area contributed by atoms with E-state index in [1.54, 1.807) is 28.9 Å². The number of nitrogens with one attached hydrogen (secondary N) is 1. The normalized spacial score (nSPS) is 21.8. The summed E-state index contributed by atoms with van der Waals surface area (Å²) in [6.45, 7) is 0. The Hall–Kier alpha value is -1.19. The molecular weight excluding hydrogens is 290 g/mol. The van der Waals surface area contributed by atoms with Crippen LogP contribution in [0.1, 0.15) is 0 Å². The average Bonchev–Trinajstić information content (AvgIpc) is 2.95. The summed E-state index contributed by atoms with van der Waals surface area (Å²) in [6, 6.07) is 0. The number of nitrogen functional groups attached to an aromatic ring is 1. The molecule has 0 aliphatic carbocycles. The first-order valence-electron chi connectivity index (χ1n) is 5.06. The maximum absolute atomic E-state index is 11.8. The molecular formula is C9H9N5OS3. The average molecular weight is 299 g/mol. The van der Waals surface area contributed by atoms with Gasteiger partial charge < -0.3 is 11.1 Å². The molecule has 1 aromatic heterocycles. The van der Waals surface area contributed by atoms with Gasteiger partial charge in [0.2, 0.25) is 5.13 Å². The summed E-state index contributed by atoms with van der Waals surface area (Å²) in [7, 11) is 0. The molecule has 1 amide bonds. The molecule has 3 rings (SSSR count).